The van der Waals surface area contributed by atoms with Crippen molar-refractivity contribution >= 4 is 18.5 Å². The number of carbonyl (C=O) groups excluding carboxylic acids is 3. The molecule has 1 amide bonds. The minimum absolute atomic E-state index is 0.170. The lowest BCUT2D eigenvalue weighted by Crippen LogP contribution is -2.24. The van der Waals surface area contributed by atoms with Crippen molar-refractivity contribution in [2.75, 3.05) is 13.7 Å². The number of hydrogen-bond donors (Lipinski definition) is 1. The molecule has 5 nitrogen and oxygen atoms in total. The minimum Gasteiger partial charge on any atom is -0.495 e. The number of benzene rings is 4. The molecule has 0 bridgehead atoms. The molecule has 5 heteroatoms. The molecule has 0 aliphatic carbocycles. The van der Waals surface area contributed by atoms with Crippen LogP contribution in [-0.2, 0) is 6.42 Å². The Hall–Kier alpha value is -4.51. The summed E-state index contributed by atoms with van der Waals surface area (Å²) in [6.45, 7) is 0.598. The van der Waals surface area contributed by atoms with E-state index < -0.39 is 0 Å². The zero-order valence-corrected chi connectivity index (χ0v) is 23.6. The van der Waals surface area contributed by atoms with Crippen molar-refractivity contribution in [3.63, 3.8) is 0 Å². The lowest BCUT2D eigenvalue weighted by Gasteiger charge is -2.17. The number of carbonyl (C=O) groups is 3. The second-order valence-corrected chi connectivity index (χ2v) is 10.2. The summed E-state index contributed by atoms with van der Waals surface area (Å²) in [5.74, 6) is 0.399. The van der Waals surface area contributed by atoms with Gasteiger partial charge in [0.15, 0.2) is 0 Å². The van der Waals surface area contributed by atoms with Crippen LogP contribution in [0.4, 0.5) is 0 Å². The minimum atomic E-state index is -0.170. The fourth-order valence-corrected chi connectivity index (χ4v) is 5.08. The Morgan fingerprint density at radius 3 is 1.80 bits per heavy atom. The van der Waals surface area contributed by atoms with Crippen LogP contribution in [0.1, 0.15) is 75.2 Å². The lowest BCUT2D eigenvalue weighted by atomic mass is 9.93. The van der Waals surface area contributed by atoms with Gasteiger partial charge in [0.2, 0.25) is 0 Å². The van der Waals surface area contributed by atoms with E-state index in [2.05, 4.69) is 35.6 Å². The van der Waals surface area contributed by atoms with Gasteiger partial charge >= 0.3 is 0 Å². The summed E-state index contributed by atoms with van der Waals surface area (Å²) in [5, 5.41) is 3.07. The van der Waals surface area contributed by atoms with Crippen LogP contribution in [0.2, 0.25) is 0 Å². The molecule has 0 saturated carbocycles. The summed E-state index contributed by atoms with van der Waals surface area (Å²) in [4.78, 5) is 36.2. The van der Waals surface area contributed by atoms with Crippen molar-refractivity contribution in [1.29, 1.82) is 0 Å². The molecule has 0 unspecified atom stereocenters. The van der Waals surface area contributed by atoms with Crippen LogP contribution in [-0.4, -0.2) is 32.1 Å². The number of amides is 1. The first-order chi connectivity index (χ1) is 20.1. The maximum absolute atomic E-state index is 13.3. The average molecular weight is 548 g/mol. The molecule has 0 aliphatic heterocycles. The third-order valence-electron chi connectivity index (χ3n) is 7.24. The molecule has 0 heterocycles. The number of rotatable bonds is 15. The standard InChI is InChI=1S/C36H37NO4/c1-41-35-33(30-18-11-16-28(21-30)25-38)23-32(24-34(35)31-19-12-17-29(22-31)26-39)36(40)37-20-10-5-3-2-4-7-13-27-14-8-6-9-15-27/h6,8-9,11-12,14-19,21-26H,2-5,7,10,13,20H2,1H3,(H,37,40). The zero-order chi connectivity index (χ0) is 28.9. The summed E-state index contributed by atoms with van der Waals surface area (Å²) >= 11 is 0. The van der Waals surface area contributed by atoms with Crippen molar-refractivity contribution < 1.29 is 19.1 Å². The smallest absolute Gasteiger partial charge is 0.251 e. The molecule has 0 saturated heterocycles. The number of unbranched alkanes of at least 4 members (excludes halogenated alkanes) is 5. The van der Waals surface area contributed by atoms with E-state index in [0.29, 0.717) is 40.1 Å². The van der Waals surface area contributed by atoms with E-state index in [1.165, 1.54) is 24.8 Å². The summed E-state index contributed by atoms with van der Waals surface area (Å²) in [7, 11) is 1.58. The Balaban J connectivity index is 1.43. The van der Waals surface area contributed by atoms with Crippen LogP contribution in [0.15, 0.2) is 91.0 Å². The van der Waals surface area contributed by atoms with Gasteiger partial charge in [0, 0.05) is 34.4 Å². The van der Waals surface area contributed by atoms with E-state index in [4.69, 9.17) is 4.74 Å². The second kappa shape index (κ2) is 15.3. The molecule has 0 aromatic heterocycles. The van der Waals surface area contributed by atoms with E-state index in [9.17, 15) is 14.4 Å². The fraction of sp³-hybridized carbons (Fsp3) is 0.250. The first-order valence-corrected chi connectivity index (χ1v) is 14.3. The maximum atomic E-state index is 13.3. The lowest BCUT2D eigenvalue weighted by molar-refractivity contribution is 0.0952. The number of aryl methyl sites for hydroxylation is 1. The molecule has 4 rings (SSSR count). The second-order valence-electron chi connectivity index (χ2n) is 10.2. The molecule has 41 heavy (non-hydrogen) atoms. The van der Waals surface area contributed by atoms with Crippen molar-refractivity contribution in [3.05, 3.63) is 113 Å². The molecule has 0 fully saturated rings. The van der Waals surface area contributed by atoms with Gasteiger partial charge in [0.1, 0.15) is 18.3 Å². The highest BCUT2D eigenvalue weighted by Gasteiger charge is 2.19. The van der Waals surface area contributed by atoms with Gasteiger partial charge in [-0.05, 0) is 60.2 Å². The highest BCUT2D eigenvalue weighted by atomic mass is 16.5. The van der Waals surface area contributed by atoms with Crippen molar-refractivity contribution in [2.24, 2.45) is 0 Å². The summed E-state index contributed by atoms with van der Waals surface area (Å²) < 4.78 is 5.84. The van der Waals surface area contributed by atoms with E-state index in [0.717, 1.165) is 49.4 Å². The van der Waals surface area contributed by atoms with Crippen LogP contribution in [0.5, 0.6) is 5.75 Å². The quantitative estimate of drug-likeness (QED) is 0.121. The first kappa shape index (κ1) is 29.5. The monoisotopic (exact) mass is 547 g/mol. The van der Waals surface area contributed by atoms with Crippen LogP contribution in [0.25, 0.3) is 22.3 Å². The summed E-state index contributed by atoms with van der Waals surface area (Å²) in [6.07, 6.45) is 9.48. The summed E-state index contributed by atoms with van der Waals surface area (Å²) in [5.41, 5.74) is 5.88. The van der Waals surface area contributed by atoms with Gasteiger partial charge in [-0.3, -0.25) is 14.4 Å². The molecule has 0 aliphatic rings. The van der Waals surface area contributed by atoms with Gasteiger partial charge < -0.3 is 10.1 Å². The summed E-state index contributed by atoms with van der Waals surface area (Å²) in [6, 6.07) is 28.6. The zero-order valence-electron chi connectivity index (χ0n) is 23.6. The van der Waals surface area contributed by atoms with E-state index in [-0.39, 0.29) is 5.91 Å². The number of nitrogens with one attached hydrogen (secondary N) is 1. The van der Waals surface area contributed by atoms with Crippen molar-refractivity contribution in [3.8, 4) is 28.0 Å². The van der Waals surface area contributed by atoms with Crippen molar-refractivity contribution in [2.45, 2.75) is 44.9 Å². The third kappa shape index (κ3) is 8.24. The number of ether oxygens (including phenoxy) is 1. The van der Waals surface area contributed by atoms with E-state index in [1.807, 2.05) is 12.1 Å². The molecule has 4 aromatic rings. The van der Waals surface area contributed by atoms with Crippen LogP contribution >= 0.6 is 0 Å². The molecular formula is C36H37NO4. The highest BCUT2D eigenvalue weighted by Crippen LogP contribution is 2.40. The fourth-order valence-electron chi connectivity index (χ4n) is 5.08. The third-order valence-corrected chi connectivity index (χ3v) is 7.24. The topological polar surface area (TPSA) is 72.5 Å². The first-order valence-electron chi connectivity index (χ1n) is 14.3. The SMILES string of the molecule is COc1c(-c2cccc(C=O)c2)cc(C(=O)NCCCCCCCCc2ccccc2)cc1-c1cccc(C=O)c1. The highest BCUT2D eigenvalue weighted by molar-refractivity contribution is 5.99. The van der Waals surface area contributed by atoms with E-state index >= 15 is 0 Å². The van der Waals surface area contributed by atoms with Crippen molar-refractivity contribution in [1.82, 2.24) is 5.32 Å². The molecule has 1 N–H and O–H groups in total. The van der Waals surface area contributed by atoms with Crippen LogP contribution in [0, 0.1) is 0 Å². The Morgan fingerprint density at radius 2 is 1.24 bits per heavy atom. The number of hydrogen-bond acceptors (Lipinski definition) is 4. The van der Waals surface area contributed by atoms with Gasteiger partial charge in [0.25, 0.3) is 5.91 Å². The van der Waals surface area contributed by atoms with Gasteiger partial charge in [-0.15, -0.1) is 0 Å². The van der Waals surface area contributed by atoms with Gasteiger partial charge in [0.05, 0.1) is 7.11 Å². The van der Waals surface area contributed by atoms with E-state index in [1.54, 1.807) is 55.6 Å². The molecule has 0 spiro atoms. The molecule has 210 valence electrons. The van der Waals surface area contributed by atoms with Gasteiger partial charge in [-0.2, -0.15) is 0 Å². The molecule has 0 atom stereocenters. The van der Waals surface area contributed by atoms with Crippen LogP contribution < -0.4 is 10.1 Å². The Morgan fingerprint density at radius 1 is 0.683 bits per heavy atom. The predicted octanol–water partition coefficient (Wildman–Crippen LogP) is 7.97. The number of aldehydes is 2. The Bertz CT molecular complexity index is 1390. The molecular weight excluding hydrogens is 510 g/mol. The van der Waals surface area contributed by atoms with Crippen LogP contribution in [0.3, 0.4) is 0 Å². The predicted molar refractivity (Wildman–Crippen MR) is 165 cm³/mol. The number of methoxy groups -OCH3 is 1. The normalized spacial score (nSPS) is 10.7. The van der Waals surface area contributed by atoms with Gasteiger partial charge in [-0.25, -0.2) is 0 Å². The average Bonchev–Trinajstić information content (AvgIpc) is 3.03. The Kier molecular flexibility index (Phi) is 11.0. The maximum Gasteiger partial charge on any atom is 0.251 e. The van der Waals surface area contributed by atoms with Gasteiger partial charge in [-0.1, -0.05) is 92.4 Å². The largest absolute Gasteiger partial charge is 0.495 e. The molecule has 0 radical (unpaired) electrons. The Labute approximate surface area is 242 Å². The molecule has 4 aromatic carbocycles.